The highest BCUT2D eigenvalue weighted by atomic mass is 35.5. The molecule has 0 radical (unpaired) electrons. The lowest BCUT2D eigenvalue weighted by atomic mass is 10.1. The number of nitrogens with zero attached hydrogens (tertiary/aromatic N) is 1. The fourth-order valence-electron chi connectivity index (χ4n) is 0.942. The third-order valence-corrected chi connectivity index (χ3v) is 1.81. The number of halogens is 1. The maximum Gasteiger partial charge on any atom is 0.0994 e. The van der Waals surface area contributed by atoms with Gasteiger partial charge in [-0.25, -0.2) is 0 Å². The summed E-state index contributed by atoms with van der Waals surface area (Å²) in [6.45, 7) is 1.98. The standard InChI is InChI=1S/C9H8ClN/c1-7-2-3-8(6-11)9(4-7)5-10/h2-4H,5H2,1H3. The van der Waals surface area contributed by atoms with E-state index in [4.69, 9.17) is 16.9 Å². The van der Waals surface area contributed by atoms with Crippen LogP contribution in [0.1, 0.15) is 16.7 Å². The Hall–Kier alpha value is -1.00. The van der Waals surface area contributed by atoms with Crippen molar-refractivity contribution in [2.75, 3.05) is 0 Å². The molecule has 1 nitrogen and oxygen atoms in total. The van der Waals surface area contributed by atoms with Gasteiger partial charge in [-0.15, -0.1) is 11.6 Å². The van der Waals surface area contributed by atoms with Crippen LogP contribution in [-0.4, -0.2) is 0 Å². The molecule has 0 N–H and O–H groups in total. The molecule has 0 aliphatic heterocycles. The van der Waals surface area contributed by atoms with Crippen LogP contribution in [0.15, 0.2) is 18.2 Å². The SMILES string of the molecule is Cc1ccc(C#N)c(CCl)c1. The van der Waals surface area contributed by atoms with Crippen LogP contribution in [0.2, 0.25) is 0 Å². The molecule has 1 aromatic rings. The minimum Gasteiger partial charge on any atom is -0.192 e. The van der Waals surface area contributed by atoms with Crippen molar-refractivity contribution in [2.45, 2.75) is 12.8 Å². The van der Waals surface area contributed by atoms with Crippen molar-refractivity contribution in [3.05, 3.63) is 34.9 Å². The number of hydrogen-bond acceptors (Lipinski definition) is 1. The Labute approximate surface area is 71.2 Å². The molecule has 1 aromatic carbocycles. The molecule has 0 aromatic heterocycles. The Morgan fingerprint density at radius 1 is 1.55 bits per heavy atom. The zero-order valence-corrected chi connectivity index (χ0v) is 7.02. The molecule has 0 saturated heterocycles. The average Bonchev–Trinajstić information content (AvgIpc) is 2.04. The normalized spacial score (nSPS) is 9.18. The molecule has 0 aliphatic rings. The summed E-state index contributed by atoms with van der Waals surface area (Å²) in [5, 5.41) is 8.63. The highest BCUT2D eigenvalue weighted by molar-refractivity contribution is 6.17. The van der Waals surface area contributed by atoms with Gasteiger partial charge in [0.15, 0.2) is 0 Å². The number of rotatable bonds is 1. The summed E-state index contributed by atoms with van der Waals surface area (Å²) in [6, 6.07) is 7.74. The maximum atomic E-state index is 8.63. The van der Waals surface area contributed by atoms with Gasteiger partial charge in [0.2, 0.25) is 0 Å². The number of benzene rings is 1. The summed E-state index contributed by atoms with van der Waals surface area (Å²) in [7, 11) is 0. The van der Waals surface area contributed by atoms with Crippen molar-refractivity contribution < 1.29 is 0 Å². The van der Waals surface area contributed by atoms with E-state index in [2.05, 4.69) is 6.07 Å². The topological polar surface area (TPSA) is 23.8 Å². The molecule has 0 amide bonds. The molecule has 0 saturated carbocycles. The van der Waals surface area contributed by atoms with Crippen LogP contribution in [0, 0.1) is 18.3 Å². The van der Waals surface area contributed by atoms with Gasteiger partial charge in [-0.3, -0.25) is 0 Å². The molecule has 11 heavy (non-hydrogen) atoms. The molecule has 0 aliphatic carbocycles. The minimum absolute atomic E-state index is 0.407. The van der Waals surface area contributed by atoms with E-state index in [-0.39, 0.29) is 0 Å². The molecule has 0 unspecified atom stereocenters. The van der Waals surface area contributed by atoms with Crippen LogP contribution < -0.4 is 0 Å². The first-order valence-electron chi connectivity index (χ1n) is 3.33. The van der Waals surface area contributed by atoms with E-state index in [0.29, 0.717) is 11.4 Å². The molecule has 1 rings (SSSR count). The van der Waals surface area contributed by atoms with Gasteiger partial charge in [0.05, 0.1) is 11.6 Å². The molecule has 0 atom stereocenters. The molecule has 0 bridgehead atoms. The van der Waals surface area contributed by atoms with Gasteiger partial charge in [0.1, 0.15) is 0 Å². The number of hydrogen-bond donors (Lipinski definition) is 0. The number of aryl methyl sites for hydroxylation is 1. The minimum atomic E-state index is 0.407. The Bertz CT molecular complexity index is 299. The second kappa shape index (κ2) is 3.41. The van der Waals surface area contributed by atoms with Gasteiger partial charge in [0.25, 0.3) is 0 Å². The Morgan fingerprint density at radius 3 is 2.82 bits per heavy atom. The van der Waals surface area contributed by atoms with E-state index < -0.39 is 0 Å². The zero-order chi connectivity index (χ0) is 8.27. The predicted octanol–water partition coefficient (Wildman–Crippen LogP) is 2.61. The summed E-state index contributed by atoms with van der Waals surface area (Å²) in [4.78, 5) is 0. The van der Waals surface area contributed by atoms with E-state index in [0.717, 1.165) is 11.1 Å². The van der Waals surface area contributed by atoms with E-state index in [1.165, 1.54) is 0 Å². The van der Waals surface area contributed by atoms with Crippen LogP contribution in [0.25, 0.3) is 0 Å². The first-order chi connectivity index (χ1) is 5.27. The third-order valence-electron chi connectivity index (χ3n) is 1.53. The lowest BCUT2D eigenvalue weighted by molar-refractivity contribution is 1.31. The quantitative estimate of drug-likeness (QED) is 0.587. The van der Waals surface area contributed by atoms with Crippen LogP contribution in [-0.2, 0) is 5.88 Å². The highest BCUT2D eigenvalue weighted by Crippen LogP contribution is 2.12. The van der Waals surface area contributed by atoms with Crippen molar-refractivity contribution in [1.82, 2.24) is 0 Å². The monoisotopic (exact) mass is 165 g/mol. The van der Waals surface area contributed by atoms with Crippen molar-refractivity contribution in [1.29, 1.82) is 5.26 Å². The fraction of sp³-hybridized carbons (Fsp3) is 0.222. The molecular weight excluding hydrogens is 158 g/mol. The summed E-state index contributed by atoms with van der Waals surface area (Å²) in [5.41, 5.74) is 2.72. The summed E-state index contributed by atoms with van der Waals surface area (Å²) in [6.07, 6.45) is 0. The first kappa shape index (κ1) is 8.10. The Balaban J connectivity index is 3.19. The average molecular weight is 166 g/mol. The third kappa shape index (κ3) is 1.72. The van der Waals surface area contributed by atoms with Gasteiger partial charge in [-0.2, -0.15) is 5.26 Å². The fourth-order valence-corrected chi connectivity index (χ4v) is 1.16. The second-order valence-electron chi connectivity index (χ2n) is 2.41. The van der Waals surface area contributed by atoms with Crippen molar-refractivity contribution in [2.24, 2.45) is 0 Å². The van der Waals surface area contributed by atoms with Crippen molar-refractivity contribution >= 4 is 11.6 Å². The van der Waals surface area contributed by atoms with Crippen LogP contribution >= 0.6 is 11.6 Å². The van der Waals surface area contributed by atoms with Crippen LogP contribution in [0.4, 0.5) is 0 Å². The number of alkyl halides is 1. The van der Waals surface area contributed by atoms with E-state index in [1.807, 2.05) is 19.1 Å². The van der Waals surface area contributed by atoms with Crippen LogP contribution in [0.5, 0.6) is 0 Å². The lowest BCUT2D eigenvalue weighted by Crippen LogP contribution is -1.86. The molecule has 0 fully saturated rings. The van der Waals surface area contributed by atoms with E-state index in [9.17, 15) is 0 Å². The Morgan fingerprint density at radius 2 is 2.27 bits per heavy atom. The summed E-state index contributed by atoms with van der Waals surface area (Å²) >= 11 is 5.63. The van der Waals surface area contributed by atoms with Gasteiger partial charge >= 0.3 is 0 Å². The smallest absolute Gasteiger partial charge is 0.0994 e. The van der Waals surface area contributed by atoms with Crippen molar-refractivity contribution in [3.63, 3.8) is 0 Å². The predicted molar refractivity (Wildman–Crippen MR) is 45.5 cm³/mol. The Kier molecular flexibility index (Phi) is 2.51. The number of nitriles is 1. The molecule has 0 heterocycles. The lowest BCUT2D eigenvalue weighted by Gasteiger charge is -1.99. The van der Waals surface area contributed by atoms with Gasteiger partial charge in [0, 0.05) is 5.88 Å². The van der Waals surface area contributed by atoms with E-state index >= 15 is 0 Å². The first-order valence-corrected chi connectivity index (χ1v) is 3.87. The van der Waals surface area contributed by atoms with Crippen LogP contribution in [0.3, 0.4) is 0 Å². The highest BCUT2D eigenvalue weighted by Gasteiger charge is 1.98. The zero-order valence-electron chi connectivity index (χ0n) is 6.26. The molecule has 2 heteroatoms. The van der Waals surface area contributed by atoms with Gasteiger partial charge in [-0.1, -0.05) is 17.7 Å². The molecular formula is C9H8ClN. The van der Waals surface area contributed by atoms with Gasteiger partial charge in [-0.05, 0) is 18.6 Å². The molecule has 0 spiro atoms. The molecule has 56 valence electrons. The van der Waals surface area contributed by atoms with Crippen molar-refractivity contribution in [3.8, 4) is 6.07 Å². The van der Waals surface area contributed by atoms with Gasteiger partial charge < -0.3 is 0 Å². The summed E-state index contributed by atoms with van der Waals surface area (Å²) < 4.78 is 0. The van der Waals surface area contributed by atoms with E-state index in [1.54, 1.807) is 6.07 Å². The second-order valence-corrected chi connectivity index (χ2v) is 2.67. The summed E-state index contributed by atoms with van der Waals surface area (Å²) in [5.74, 6) is 0.407. The largest absolute Gasteiger partial charge is 0.192 e. The maximum absolute atomic E-state index is 8.63.